The summed E-state index contributed by atoms with van der Waals surface area (Å²) in [6.45, 7) is 3.08. The van der Waals surface area contributed by atoms with Gasteiger partial charge in [0, 0.05) is 24.5 Å². The van der Waals surface area contributed by atoms with Crippen LogP contribution in [-0.2, 0) is 0 Å². The van der Waals surface area contributed by atoms with E-state index in [1.54, 1.807) is 6.20 Å². The Labute approximate surface area is 94.7 Å². The molecule has 2 rings (SSSR count). The van der Waals surface area contributed by atoms with Crippen molar-refractivity contribution in [1.29, 1.82) is 0 Å². The van der Waals surface area contributed by atoms with Crippen LogP contribution in [-0.4, -0.2) is 34.5 Å². The minimum Gasteiger partial charge on any atom is -0.348 e. The SMILES string of the molecule is CC1CC(NC(=O)c2cnccn2)CCN1. The molecule has 0 aliphatic carbocycles. The number of amides is 1. The molecule has 0 spiro atoms. The molecule has 1 amide bonds. The zero-order chi connectivity index (χ0) is 11.4. The number of nitrogens with zero attached hydrogens (tertiary/aromatic N) is 2. The van der Waals surface area contributed by atoms with E-state index in [0.717, 1.165) is 19.4 Å². The maximum absolute atomic E-state index is 11.8. The van der Waals surface area contributed by atoms with E-state index in [0.29, 0.717) is 11.7 Å². The van der Waals surface area contributed by atoms with Crippen LogP contribution in [0, 0.1) is 0 Å². The number of carbonyl (C=O) groups excluding carboxylic acids is 1. The highest BCUT2D eigenvalue weighted by atomic mass is 16.1. The summed E-state index contributed by atoms with van der Waals surface area (Å²) in [5.74, 6) is -0.132. The molecule has 2 atom stereocenters. The first-order valence-corrected chi connectivity index (χ1v) is 5.56. The quantitative estimate of drug-likeness (QED) is 0.754. The predicted octanol–water partition coefficient (Wildman–Crippen LogP) is 0.347. The number of hydrogen-bond acceptors (Lipinski definition) is 4. The second-order valence-electron chi connectivity index (χ2n) is 4.14. The van der Waals surface area contributed by atoms with Crippen LogP contribution in [0.1, 0.15) is 30.3 Å². The second-order valence-corrected chi connectivity index (χ2v) is 4.14. The largest absolute Gasteiger partial charge is 0.348 e. The number of hydrogen-bond donors (Lipinski definition) is 2. The van der Waals surface area contributed by atoms with Crippen LogP contribution in [0.5, 0.6) is 0 Å². The van der Waals surface area contributed by atoms with Crippen molar-refractivity contribution in [1.82, 2.24) is 20.6 Å². The standard InChI is InChI=1S/C11H16N4O/c1-8-6-9(2-3-13-8)15-11(16)10-7-12-4-5-14-10/h4-5,7-9,13H,2-3,6H2,1H3,(H,15,16). The van der Waals surface area contributed by atoms with Crippen molar-refractivity contribution in [2.75, 3.05) is 6.54 Å². The van der Waals surface area contributed by atoms with Gasteiger partial charge in [-0.3, -0.25) is 9.78 Å². The van der Waals surface area contributed by atoms with E-state index in [1.807, 2.05) is 0 Å². The lowest BCUT2D eigenvalue weighted by Crippen LogP contribution is -2.46. The molecule has 16 heavy (non-hydrogen) atoms. The predicted molar refractivity (Wildman–Crippen MR) is 60.0 cm³/mol. The van der Waals surface area contributed by atoms with Gasteiger partial charge in [0.15, 0.2) is 0 Å². The number of rotatable bonds is 2. The highest BCUT2D eigenvalue weighted by Crippen LogP contribution is 2.08. The van der Waals surface area contributed by atoms with Crippen LogP contribution in [0.4, 0.5) is 0 Å². The van der Waals surface area contributed by atoms with E-state index >= 15 is 0 Å². The molecule has 2 heterocycles. The molecule has 1 fully saturated rings. The summed E-state index contributed by atoms with van der Waals surface area (Å²) in [5.41, 5.74) is 0.383. The Hall–Kier alpha value is -1.49. The summed E-state index contributed by atoms with van der Waals surface area (Å²) in [4.78, 5) is 19.6. The van der Waals surface area contributed by atoms with Gasteiger partial charge in [-0.2, -0.15) is 0 Å². The molecule has 1 aliphatic rings. The average Bonchev–Trinajstić information content (AvgIpc) is 2.30. The lowest BCUT2D eigenvalue weighted by Gasteiger charge is -2.28. The van der Waals surface area contributed by atoms with Gasteiger partial charge in [-0.1, -0.05) is 0 Å². The van der Waals surface area contributed by atoms with E-state index in [1.165, 1.54) is 12.4 Å². The minimum atomic E-state index is -0.132. The van der Waals surface area contributed by atoms with Crippen molar-refractivity contribution in [3.05, 3.63) is 24.3 Å². The Bertz CT molecular complexity index is 354. The van der Waals surface area contributed by atoms with Crippen molar-refractivity contribution >= 4 is 5.91 Å². The van der Waals surface area contributed by atoms with Crippen LogP contribution < -0.4 is 10.6 Å². The van der Waals surface area contributed by atoms with Gasteiger partial charge < -0.3 is 10.6 Å². The van der Waals surface area contributed by atoms with Crippen LogP contribution in [0.25, 0.3) is 0 Å². The molecule has 86 valence electrons. The van der Waals surface area contributed by atoms with Gasteiger partial charge >= 0.3 is 0 Å². The van der Waals surface area contributed by atoms with Gasteiger partial charge in [0.2, 0.25) is 0 Å². The van der Waals surface area contributed by atoms with E-state index in [4.69, 9.17) is 0 Å². The molecule has 0 bridgehead atoms. The van der Waals surface area contributed by atoms with E-state index in [-0.39, 0.29) is 11.9 Å². The number of piperidine rings is 1. The molecule has 5 nitrogen and oxygen atoms in total. The fourth-order valence-corrected chi connectivity index (χ4v) is 1.94. The number of aromatic nitrogens is 2. The van der Waals surface area contributed by atoms with Crippen molar-refractivity contribution in [2.45, 2.75) is 31.8 Å². The molecule has 1 aliphatic heterocycles. The molecular formula is C11H16N4O. The monoisotopic (exact) mass is 220 g/mol. The summed E-state index contributed by atoms with van der Waals surface area (Å²) < 4.78 is 0. The Morgan fingerprint density at radius 2 is 2.44 bits per heavy atom. The van der Waals surface area contributed by atoms with Crippen molar-refractivity contribution in [2.24, 2.45) is 0 Å². The smallest absolute Gasteiger partial charge is 0.271 e. The summed E-state index contributed by atoms with van der Waals surface area (Å²) in [7, 11) is 0. The summed E-state index contributed by atoms with van der Waals surface area (Å²) in [6, 6.07) is 0.701. The zero-order valence-electron chi connectivity index (χ0n) is 9.31. The maximum Gasteiger partial charge on any atom is 0.271 e. The highest BCUT2D eigenvalue weighted by molar-refractivity contribution is 5.92. The van der Waals surface area contributed by atoms with Crippen molar-refractivity contribution < 1.29 is 4.79 Å². The Morgan fingerprint density at radius 3 is 3.12 bits per heavy atom. The van der Waals surface area contributed by atoms with Crippen molar-refractivity contribution in [3.63, 3.8) is 0 Å². The van der Waals surface area contributed by atoms with Gasteiger partial charge in [-0.15, -0.1) is 0 Å². The molecule has 0 saturated carbocycles. The molecule has 5 heteroatoms. The zero-order valence-corrected chi connectivity index (χ0v) is 9.31. The van der Waals surface area contributed by atoms with Gasteiger partial charge in [-0.25, -0.2) is 4.98 Å². The molecule has 0 aromatic carbocycles. The number of carbonyl (C=O) groups is 1. The summed E-state index contributed by atoms with van der Waals surface area (Å²) in [6.07, 6.45) is 6.51. The average molecular weight is 220 g/mol. The Kier molecular flexibility index (Phi) is 3.46. The first kappa shape index (κ1) is 11.0. The van der Waals surface area contributed by atoms with Crippen LogP contribution in [0.2, 0.25) is 0 Å². The molecule has 2 unspecified atom stereocenters. The van der Waals surface area contributed by atoms with Crippen LogP contribution in [0.15, 0.2) is 18.6 Å². The third kappa shape index (κ3) is 2.76. The van der Waals surface area contributed by atoms with Crippen molar-refractivity contribution in [3.8, 4) is 0 Å². The van der Waals surface area contributed by atoms with Gasteiger partial charge in [0.1, 0.15) is 5.69 Å². The molecule has 0 radical (unpaired) electrons. The first-order valence-electron chi connectivity index (χ1n) is 5.56. The summed E-state index contributed by atoms with van der Waals surface area (Å²) >= 11 is 0. The Morgan fingerprint density at radius 1 is 1.56 bits per heavy atom. The maximum atomic E-state index is 11.8. The minimum absolute atomic E-state index is 0.132. The van der Waals surface area contributed by atoms with E-state index in [9.17, 15) is 4.79 Å². The molecular weight excluding hydrogens is 204 g/mol. The van der Waals surface area contributed by atoms with Crippen LogP contribution >= 0.6 is 0 Å². The van der Waals surface area contributed by atoms with Gasteiger partial charge in [0.05, 0.1) is 6.20 Å². The Balaban J connectivity index is 1.92. The fourth-order valence-electron chi connectivity index (χ4n) is 1.94. The van der Waals surface area contributed by atoms with E-state index < -0.39 is 0 Å². The topological polar surface area (TPSA) is 66.9 Å². The second kappa shape index (κ2) is 5.03. The fraction of sp³-hybridized carbons (Fsp3) is 0.545. The van der Waals surface area contributed by atoms with Gasteiger partial charge in [-0.05, 0) is 26.3 Å². The van der Waals surface area contributed by atoms with E-state index in [2.05, 4.69) is 27.5 Å². The number of nitrogens with one attached hydrogen (secondary N) is 2. The molecule has 1 saturated heterocycles. The molecule has 1 aromatic rings. The first-order chi connectivity index (χ1) is 7.75. The lowest BCUT2D eigenvalue weighted by molar-refractivity contribution is 0.0920. The molecule has 1 aromatic heterocycles. The third-order valence-electron chi connectivity index (χ3n) is 2.75. The normalized spacial score (nSPS) is 25.1. The highest BCUT2D eigenvalue weighted by Gasteiger charge is 2.20. The summed E-state index contributed by atoms with van der Waals surface area (Å²) in [5, 5.41) is 6.33. The third-order valence-corrected chi connectivity index (χ3v) is 2.75. The molecule has 2 N–H and O–H groups in total. The lowest BCUT2D eigenvalue weighted by atomic mass is 10.0. The van der Waals surface area contributed by atoms with Crippen LogP contribution in [0.3, 0.4) is 0 Å². The van der Waals surface area contributed by atoms with Gasteiger partial charge in [0.25, 0.3) is 5.91 Å².